The fourth-order valence-corrected chi connectivity index (χ4v) is 3.84. The van der Waals surface area contributed by atoms with Gasteiger partial charge in [-0.1, -0.05) is 22.9 Å². The maximum atomic E-state index is 12.2. The molecule has 2 N–H and O–H groups in total. The summed E-state index contributed by atoms with van der Waals surface area (Å²) in [5, 5.41) is 0. The average Bonchev–Trinajstić information content (AvgIpc) is 2.67. The van der Waals surface area contributed by atoms with Crippen molar-refractivity contribution in [3.8, 4) is 0 Å². The van der Waals surface area contributed by atoms with Gasteiger partial charge in [0, 0.05) is 30.1 Å². The lowest BCUT2D eigenvalue weighted by molar-refractivity contribution is 0.345. The Balaban J connectivity index is 1.97. The quantitative estimate of drug-likeness (QED) is 0.897. The van der Waals surface area contributed by atoms with E-state index in [9.17, 15) is 8.42 Å². The fourth-order valence-electron chi connectivity index (χ4n) is 2.29. The van der Waals surface area contributed by atoms with Crippen LogP contribution in [0, 0.1) is 5.92 Å². The minimum atomic E-state index is -3.20. The van der Waals surface area contributed by atoms with E-state index < -0.39 is 9.84 Å². The average molecular weight is 347 g/mol. The first-order valence-corrected chi connectivity index (χ1v) is 8.79. The van der Waals surface area contributed by atoms with Crippen LogP contribution in [0.2, 0.25) is 0 Å². The van der Waals surface area contributed by atoms with Crippen LogP contribution >= 0.6 is 15.9 Å². The fraction of sp³-hybridized carbons (Fsp3) is 0.538. The molecule has 19 heavy (non-hydrogen) atoms. The van der Waals surface area contributed by atoms with E-state index in [1.165, 1.54) is 0 Å². The van der Waals surface area contributed by atoms with Crippen LogP contribution in [0.25, 0.3) is 0 Å². The van der Waals surface area contributed by atoms with E-state index in [2.05, 4.69) is 27.8 Å². The summed E-state index contributed by atoms with van der Waals surface area (Å²) < 4.78 is 25.3. The van der Waals surface area contributed by atoms with Gasteiger partial charge in [-0.15, -0.1) is 0 Å². The Morgan fingerprint density at radius 2 is 1.95 bits per heavy atom. The van der Waals surface area contributed by atoms with Gasteiger partial charge in [-0.3, -0.25) is 0 Å². The molecule has 0 bridgehead atoms. The van der Waals surface area contributed by atoms with Crippen LogP contribution in [0.5, 0.6) is 0 Å². The van der Waals surface area contributed by atoms with Gasteiger partial charge in [0.25, 0.3) is 0 Å². The van der Waals surface area contributed by atoms with Crippen molar-refractivity contribution in [3.05, 3.63) is 28.7 Å². The van der Waals surface area contributed by atoms with Crippen LogP contribution in [-0.2, 0) is 9.84 Å². The molecule has 2 rings (SSSR count). The van der Waals surface area contributed by atoms with Crippen LogP contribution in [0.1, 0.15) is 6.92 Å². The predicted octanol–water partition coefficient (Wildman–Crippen LogP) is 1.50. The first-order valence-electron chi connectivity index (χ1n) is 6.35. The van der Waals surface area contributed by atoms with Crippen molar-refractivity contribution >= 4 is 25.8 Å². The number of hydrogen-bond acceptors (Lipinski definition) is 4. The number of halogens is 1. The molecule has 0 aromatic heterocycles. The lowest BCUT2D eigenvalue weighted by Crippen LogP contribution is -2.31. The highest BCUT2D eigenvalue weighted by atomic mass is 79.9. The van der Waals surface area contributed by atoms with E-state index in [1.54, 1.807) is 24.3 Å². The minimum Gasteiger partial charge on any atom is -0.326 e. The zero-order valence-electron chi connectivity index (χ0n) is 10.9. The van der Waals surface area contributed by atoms with E-state index in [-0.39, 0.29) is 11.8 Å². The number of nitrogens with zero attached hydrogens (tertiary/aromatic N) is 1. The monoisotopic (exact) mass is 346 g/mol. The number of benzene rings is 1. The Morgan fingerprint density at radius 1 is 1.32 bits per heavy atom. The summed E-state index contributed by atoms with van der Waals surface area (Å²) >= 11 is 3.30. The summed E-state index contributed by atoms with van der Waals surface area (Å²) in [5.41, 5.74) is 5.94. The predicted molar refractivity (Wildman–Crippen MR) is 79.8 cm³/mol. The Labute approximate surface area is 123 Å². The third-order valence-corrected chi connectivity index (χ3v) is 5.83. The first kappa shape index (κ1) is 15.0. The summed E-state index contributed by atoms with van der Waals surface area (Å²) in [7, 11) is -3.20. The van der Waals surface area contributed by atoms with Crippen LogP contribution in [-0.4, -0.2) is 44.7 Å². The van der Waals surface area contributed by atoms with E-state index in [4.69, 9.17) is 5.73 Å². The van der Waals surface area contributed by atoms with Gasteiger partial charge in [-0.05, 0) is 30.2 Å². The second-order valence-electron chi connectivity index (χ2n) is 5.17. The summed E-state index contributed by atoms with van der Waals surface area (Å²) in [5.74, 6) is 0.587. The van der Waals surface area contributed by atoms with Crippen molar-refractivity contribution in [2.24, 2.45) is 11.7 Å². The van der Waals surface area contributed by atoms with Crippen LogP contribution in [0.4, 0.5) is 0 Å². The SMILES string of the molecule is CC1CN(CCS(=O)(=O)c2ccc(Br)cc2)CC1N. The van der Waals surface area contributed by atoms with E-state index >= 15 is 0 Å². The van der Waals surface area contributed by atoms with Crippen molar-refractivity contribution in [2.45, 2.75) is 17.9 Å². The molecule has 4 nitrogen and oxygen atoms in total. The maximum Gasteiger partial charge on any atom is 0.179 e. The molecule has 0 saturated carbocycles. The lowest BCUT2D eigenvalue weighted by Gasteiger charge is -2.15. The van der Waals surface area contributed by atoms with Crippen molar-refractivity contribution in [1.82, 2.24) is 4.90 Å². The van der Waals surface area contributed by atoms with E-state index in [0.717, 1.165) is 17.6 Å². The number of likely N-dealkylation sites (tertiary alicyclic amines) is 1. The Bertz CT molecular complexity index is 520. The molecule has 6 heteroatoms. The van der Waals surface area contributed by atoms with Gasteiger partial charge < -0.3 is 10.6 Å². The molecule has 1 saturated heterocycles. The molecular weight excluding hydrogens is 328 g/mol. The van der Waals surface area contributed by atoms with Gasteiger partial charge in [-0.25, -0.2) is 8.42 Å². The van der Waals surface area contributed by atoms with Crippen molar-refractivity contribution in [2.75, 3.05) is 25.4 Å². The molecule has 0 spiro atoms. The Morgan fingerprint density at radius 3 is 2.47 bits per heavy atom. The van der Waals surface area contributed by atoms with E-state index in [0.29, 0.717) is 17.4 Å². The van der Waals surface area contributed by atoms with Crippen molar-refractivity contribution in [1.29, 1.82) is 0 Å². The van der Waals surface area contributed by atoms with Gasteiger partial charge >= 0.3 is 0 Å². The number of sulfone groups is 1. The summed E-state index contributed by atoms with van der Waals surface area (Å²) in [6.45, 7) is 4.33. The van der Waals surface area contributed by atoms with Gasteiger partial charge in [0.1, 0.15) is 0 Å². The minimum absolute atomic E-state index is 0.147. The molecule has 0 amide bonds. The smallest absolute Gasteiger partial charge is 0.179 e. The summed E-state index contributed by atoms with van der Waals surface area (Å²) in [4.78, 5) is 2.51. The largest absolute Gasteiger partial charge is 0.326 e. The second kappa shape index (κ2) is 5.91. The molecule has 2 atom stereocenters. The lowest BCUT2D eigenvalue weighted by atomic mass is 10.1. The highest BCUT2D eigenvalue weighted by molar-refractivity contribution is 9.10. The highest BCUT2D eigenvalue weighted by Crippen LogP contribution is 2.18. The molecule has 106 valence electrons. The summed E-state index contributed by atoms with van der Waals surface area (Å²) in [6, 6.07) is 6.94. The third kappa shape index (κ3) is 3.78. The number of hydrogen-bond donors (Lipinski definition) is 1. The van der Waals surface area contributed by atoms with Crippen molar-refractivity contribution in [3.63, 3.8) is 0 Å². The van der Waals surface area contributed by atoms with Gasteiger partial charge in [0.2, 0.25) is 0 Å². The van der Waals surface area contributed by atoms with Gasteiger partial charge in [0.15, 0.2) is 9.84 Å². The van der Waals surface area contributed by atoms with Gasteiger partial charge in [0.05, 0.1) is 10.6 Å². The first-order chi connectivity index (χ1) is 8.88. The Kier molecular flexibility index (Phi) is 4.66. The van der Waals surface area contributed by atoms with Crippen molar-refractivity contribution < 1.29 is 8.42 Å². The zero-order chi connectivity index (χ0) is 14.0. The standard InChI is InChI=1S/C13H19BrN2O2S/c1-10-8-16(9-13(10)15)6-7-19(17,18)12-4-2-11(14)3-5-12/h2-5,10,13H,6-9,15H2,1H3. The molecule has 1 heterocycles. The molecule has 1 aromatic rings. The summed E-state index contributed by atoms with van der Waals surface area (Å²) in [6.07, 6.45) is 0. The van der Waals surface area contributed by atoms with E-state index in [1.807, 2.05) is 0 Å². The van der Waals surface area contributed by atoms with Crippen LogP contribution in [0.3, 0.4) is 0 Å². The molecule has 1 fully saturated rings. The molecule has 1 aliphatic rings. The zero-order valence-corrected chi connectivity index (χ0v) is 13.3. The third-order valence-electron chi connectivity index (χ3n) is 3.60. The molecule has 1 aliphatic heterocycles. The topological polar surface area (TPSA) is 63.4 Å². The van der Waals surface area contributed by atoms with Crippen LogP contribution < -0.4 is 5.73 Å². The maximum absolute atomic E-state index is 12.2. The van der Waals surface area contributed by atoms with Gasteiger partial charge in [-0.2, -0.15) is 0 Å². The number of nitrogens with two attached hydrogens (primary N) is 1. The molecule has 0 radical (unpaired) electrons. The number of rotatable bonds is 4. The Hall–Kier alpha value is -0.430. The normalized spacial score (nSPS) is 24.8. The highest BCUT2D eigenvalue weighted by Gasteiger charge is 2.27. The molecule has 1 aromatic carbocycles. The molecule has 2 unspecified atom stereocenters. The van der Waals surface area contributed by atoms with Crippen LogP contribution in [0.15, 0.2) is 33.6 Å². The second-order valence-corrected chi connectivity index (χ2v) is 8.20. The molecular formula is C13H19BrN2O2S. The molecule has 0 aliphatic carbocycles.